The SMILES string of the molecule is CC1OCCC1(O)CNCc1ccc(O)cn1. The van der Waals surface area contributed by atoms with E-state index >= 15 is 0 Å². The molecule has 94 valence electrons. The highest BCUT2D eigenvalue weighted by molar-refractivity contribution is 5.17. The molecule has 3 N–H and O–H groups in total. The van der Waals surface area contributed by atoms with Crippen molar-refractivity contribution < 1.29 is 14.9 Å². The van der Waals surface area contributed by atoms with E-state index in [0.717, 1.165) is 5.69 Å². The fourth-order valence-electron chi connectivity index (χ4n) is 1.93. The highest BCUT2D eigenvalue weighted by atomic mass is 16.5. The van der Waals surface area contributed by atoms with Crippen molar-refractivity contribution in [3.05, 3.63) is 24.0 Å². The van der Waals surface area contributed by atoms with Crippen LogP contribution in [0.15, 0.2) is 18.3 Å². The van der Waals surface area contributed by atoms with Gasteiger partial charge >= 0.3 is 0 Å². The van der Waals surface area contributed by atoms with E-state index in [1.54, 1.807) is 12.1 Å². The lowest BCUT2D eigenvalue weighted by atomic mass is 9.97. The third-order valence-corrected chi connectivity index (χ3v) is 3.21. The Hall–Kier alpha value is -1.17. The largest absolute Gasteiger partial charge is 0.506 e. The number of aromatic hydroxyl groups is 1. The summed E-state index contributed by atoms with van der Waals surface area (Å²) in [6, 6.07) is 3.35. The maximum absolute atomic E-state index is 10.2. The summed E-state index contributed by atoms with van der Waals surface area (Å²) in [6.07, 6.45) is 1.93. The van der Waals surface area contributed by atoms with E-state index in [2.05, 4.69) is 10.3 Å². The zero-order valence-electron chi connectivity index (χ0n) is 9.89. The second-order valence-corrected chi connectivity index (χ2v) is 4.48. The van der Waals surface area contributed by atoms with Gasteiger partial charge < -0.3 is 20.3 Å². The van der Waals surface area contributed by atoms with Crippen LogP contribution in [0.3, 0.4) is 0 Å². The molecule has 1 aliphatic rings. The van der Waals surface area contributed by atoms with Crippen molar-refractivity contribution in [2.24, 2.45) is 0 Å². The molecule has 0 spiro atoms. The van der Waals surface area contributed by atoms with Gasteiger partial charge in [-0.2, -0.15) is 0 Å². The molecule has 0 saturated carbocycles. The number of aliphatic hydroxyl groups is 1. The predicted molar refractivity (Wildman–Crippen MR) is 62.6 cm³/mol. The van der Waals surface area contributed by atoms with Crippen molar-refractivity contribution in [3.8, 4) is 5.75 Å². The van der Waals surface area contributed by atoms with Crippen LogP contribution in [0.1, 0.15) is 19.0 Å². The van der Waals surface area contributed by atoms with Crippen molar-refractivity contribution in [1.29, 1.82) is 0 Å². The van der Waals surface area contributed by atoms with Gasteiger partial charge in [-0.15, -0.1) is 0 Å². The Morgan fingerprint density at radius 2 is 2.41 bits per heavy atom. The third-order valence-electron chi connectivity index (χ3n) is 3.21. The minimum Gasteiger partial charge on any atom is -0.506 e. The van der Waals surface area contributed by atoms with Gasteiger partial charge in [0.1, 0.15) is 11.4 Å². The number of ether oxygens (including phenoxy) is 1. The summed E-state index contributed by atoms with van der Waals surface area (Å²) >= 11 is 0. The van der Waals surface area contributed by atoms with Gasteiger partial charge in [-0.25, -0.2) is 0 Å². The zero-order valence-corrected chi connectivity index (χ0v) is 9.89. The maximum atomic E-state index is 10.2. The van der Waals surface area contributed by atoms with E-state index < -0.39 is 5.60 Å². The van der Waals surface area contributed by atoms with E-state index in [0.29, 0.717) is 26.1 Å². The number of nitrogens with one attached hydrogen (secondary N) is 1. The normalized spacial score (nSPS) is 28.5. The van der Waals surface area contributed by atoms with Crippen molar-refractivity contribution >= 4 is 0 Å². The molecule has 0 aromatic carbocycles. The van der Waals surface area contributed by atoms with Crippen LogP contribution in [0.25, 0.3) is 0 Å². The molecule has 1 fully saturated rings. The molecule has 1 aliphatic heterocycles. The summed E-state index contributed by atoms with van der Waals surface area (Å²) in [6.45, 7) is 3.54. The highest BCUT2D eigenvalue weighted by Gasteiger charge is 2.38. The number of hydrogen-bond donors (Lipinski definition) is 3. The van der Waals surface area contributed by atoms with Crippen molar-refractivity contribution in [1.82, 2.24) is 10.3 Å². The molecule has 2 atom stereocenters. The van der Waals surface area contributed by atoms with E-state index in [-0.39, 0.29) is 11.9 Å². The molecule has 5 nitrogen and oxygen atoms in total. The summed E-state index contributed by atoms with van der Waals surface area (Å²) in [5.74, 6) is 0.158. The van der Waals surface area contributed by atoms with E-state index in [9.17, 15) is 5.11 Å². The molecule has 2 rings (SSSR count). The van der Waals surface area contributed by atoms with Crippen LogP contribution >= 0.6 is 0 Å². The Morgan fingerprint density at radius 1 is 1.59 bits per heavy atom. The fraction of sp³-hybridized carbons (Fsp3) is 0.583. The summed E-state index contributed by atoms with van der Waals surface area (Å²) in [5, 5.41) is 22.5. The molecule has 5 heteroatoms. The smallest absolute Gasteiger partial charge is 0.133 e. The number of hydrogen-bond acceptors (Lipinski definition) is 5. The standard InChI is InChI=1S/C12H18N2O3/c1-9-12(16,4-5-17-9)8-13-6-10-2-3-11(15)7-14-10/h2-3,7,9,13,15-16H,4-6,8H2,1H3. The molecule has 2 heterocycles. The van der Waals surface area contributed by atoms with Crippen molar-refractivity contribution in [3.63, 3.8) is 0 Å². The van der Waals surface area contributed by atoms with Crippen LogP contribution in [0.5, 0.6) is 5.75 Å². The second kappa shape index (κ2) is 5.00. The quantitative estimate of drug-likeness (QED) is 0.708. The second-order valence-electron chi connectivity index (χ2n) is 4.48. The minimum absolute atomic E-state index is 0.136. The van der Waals surface area contributed by atoms with Crippen molar-refractivity contribution in [2.75, 3.05) is 13.2 Å². The van der Waals surface area contributed by atoms with Gasteiger partial charge in [0.05, 0.1) is 18.0 Å². The van der Waals surface area contributed by atoms with Gasteiger partial charge in [0.15, 0.2) is 0 Å². The van der Waals surface area contributed by atoms with Crippen LogP contribution in [-0.4, -0.2) is 40.1 Å². The average Bonchev–Trinajstić information content (AvgIpc) is 2.63. The zero-order chi connectivity index (χ0) is 12.3. The van der Waals surface area contributed by atoms with Gasteiger partial charge in [-0.3, -0.25) is 4.98 Å². The number of aromatic nitrogens is 1. The molecule has 0 amide bonds. The molecule has 1 saturated heterocycles. The van der Waals surface area contributed by atoms with E-state index in [1.165, 1.54) is 6.20 Å². The lowest BCUT2D eigenvalue weighted by Gasteiger charge is -2.26. The van der Waals surface area contributed by atoms with Gasteiger partial charge in [-0.05, 0) is 19.1 Å². The Kier molecular flexibility index (Phi) is 3.61. The first-order valence-corrected chi connectivity index (χ1v) is 5.79. The number of rotatable bonds is 4. The van der Waals surface area contributed by atoms with Crippen LogP contribution < -0.4 is 5.32 Å². The van der Waals surface area contributed by atoms with Crippen LogP contribution in [0, 0.1) is 0 Å². The molecular formula is C12H18N2O3. The molecular weight excluding hydrogens is 220 g/mol. The lowest BCUT2D eigenvalue weighted by molar-refractivity contribution is -0.0263. The molecule has 0 aliphatic carbocycles. The van der Waals surface area contributed by atoms with Crippen molar-refractivity contribution in [2.45, 2.75) is 31.6 Å². The summed E-state index contributed by atoms with van der Waals surface area (Å²) in [5.41, 5.74) is 0.0506. The highest BCUT2D eigenvalue weighted by Crippen LogP contribution is 2.24. The molecule has 2 unspecified atom stereocenters. The van der Waals surface area contributed by atoms with Gasteiger partial charge in [0.2, 0.25) is 0 Å². The number of nitrogens with zero attached hydrogens (tertiary/aromatic N) is 1. The molecule has 0 bridgehead atoms. The Morgan fingerprint density at radius 3 is 3.00 bits per heavy atom. The average molecular weight is 238 g/mol. The fourth-order valence-corrected chi connectivity index (χ4v) is 1.93. The monoisotopic (exact) mass is 238 g/mol. The van der Waals surface area contributed by atoms with Crippen LogP contribution in [0.2, 0.25) is 0 Å². The first-order chi connectivity index (χ1) is 8.10. The van der Waals surface area contributed by atoms with Gasteiger partial charge in [0.25, 0.3) is 0 Å². The first-order valence-electron chi connectivity index (χ1n) is 5.79. The van der Waals surface area contributed by atoms with Gasteiger partial charge in [0, 0.05) is 26.1 Å². The predicted octanol–water partition coefficient (Wildman–Crippen LogP) is 0.417. The molecule has 0 radical (unpaired) electrons. The van der Waals surface area contributed by atoms with Gasteiger partial charge in [-0.1, -0.05) is 0 Å². The topological polar surface area (TPSA) is 74.6 Å². The Bertz CT molecular complexity index is 369. The third kappa shape index (κ3) is 2.94. The first kappa shape index (κ1) is 12.3. The van der Waals surface area contributed by atoms with Crippen LogP contribution in [0.4, 0.5) is 0 Å². The minimum atomic E-state index is -0.781. The number of pyridine rings is 1. The molecule has 1 aromatic rings. The van der Waals surface area contributed by atoms with Crippen LogP contribution in [-0.2, 0) is 11.3 Å². The Labute approximate surface area is 100 Å². The summed E-state index contributed by atoms with van der Waals surface area (Å²) in [7, 11) is 0. The lowest BCUT2D eigenvalue weighted by Crippen LogP contribution is -2.45. The summed E-state index contributed by atoms with van der Waals surface area (Å²) in [4.78, 5) is 4.06. The Balaban J connectivity index is 1.81. The summed E-state index contributed by atoms with van der Waals surface area (Å²) < 4.78 is 5.35. The van der Waals surface area contributed by atoms with E-state index in [1.807, 2.05) is 6.92 Å². The molecule has 17 heavy (non-hydrogen) atoms. The molecule has 1 aromatic heterocycles. The van der Waals surface area contributed by atoms with E-state index in [4.69, 9.17) is 9.84 Å². The maximum Gasteiger partial charge on any atom is 0.133 e.